The van der Waals surface area contributed by atoms with Crippen LogP contribution in [0.15, 0.2) is 53.3 Å². The molecule has 2 heterocycles. The lowest BCUT2D eigenvalue weighted by atomic mass is 10.1. The van der Waals surface area contributed by atoms with E-state index >= 15 is 0 Å². The van der Waals surface area contributed by atoms with Gasteiger partial charge in [0.05, 0.1) is 16.5 Å². The van der Waals surface area contributed by atoms with Gasteiger partial charge in [-0.15, -0.1) is 0 Å². The maximum atomic E-state index is 12.7. The molecule has 0 spiro atoms. The van der Waals surface area contributed by atoms with Crippen molar-refractivity contribution in [2.45, 2.75) is 0 Å². The van der Waals surface area contributed by atoms with Crippen LogP contribution in [0.25, 0.3) is 10.9 Å². The fourth-order valence-electron chi connectivity index (χ4n) is 3.48. The number of carboxylic acid groups (broad SMARTS) is 1. The van der Waals surface area contributed by atoms with Gasteiger partial charge in [0.2, 0.25) is 5.95 Å². The molecule has 3 aromatic rings. The molecule has 1 fully saturated rings. The van der Waals surface area contributed by atoms with Gasteiger partial charge < -0.3 is 14.9 Å². The van der Waals surface area contributed by atoms with Crippen molar-refractivity contribution in [2.24, 2.45) is 7.05 Å². The molecule has 0 bridgehead atoms. The number of hydrogen-bond acceptors (Lipinski definition) is 5. The molecule has 7 nitrogen and oxygen atoms in total. The van der Waals surface area contributed by atoms with Gasteiger partial charge in [-0.3, -0.25) is 9.36 Å². The molecule has 1 N–H and O–H groups in total. The zero-order valence-corrected chi connectivity index (χ0v) is 15.0. The number of para-hydroxylation sites is 1. The predicted octanol–water partition coefficient (Wildman–Crippen LogP) is 1.96. The second-order valence-electron chi connectivity index (χ2n) is 6.62. The molecule has 0 radical (unpaired) electrons. The lowest BCUT2D eigenvalue weighted by molar-refractivity contribution is 0.0697. The van der Waals surface area contributed by atoms with E-state index in [1.54, 1.807) is 11.6 Å². The van der Waals surface area contributed by atoms with Crippen LogP contribution in [0.3, 0.4) is 0 Å². The highest BCUT2D eigenvalue weighted by atomic mass is 16.4. The fourth-order valence-corrected chi connectivity index (χ4v) is 3.48. The summed E-state index contributed by atoms with van der Waals surface area (Å²) in [7, 11) is 1.71. The molecule has 4 rings (SSSR count). The minimum atomic E-state index is -1.03. The van der Waals surface area contributed by atoms with Gasteiger partial charge in [-0.25, -0.2) is 9.78 Å². The average Bonchev–Trinajstić information content (AvgIpc) is 2.71. The van der Waals surface area contributed by atoms with E-state index in [-0.39, 0.29) is 11.1 Å². The first-order valence-electron chi connectivity index (χ1n) is 8.83. The van der Waals surface area contributed by atoms with Gasteiger partial charge in [-0.2, -0.15) is 0 Å². The molecule has 0 aliphatic carbocycles. The van der Waals surface area contributed by atoms with E-state index in [4.69, 9.17) is 0 Å². The Morgan fingerprint density at radius 2 is 1.67 bits per heavy atom. The standard InChI is InChI=1S/C20H20N4O3/c1-22-18(25)16-8-7-14(19(26)27)13-17(16)21-20(22)24-11-9-23(10-12-24)15-5-3-2-4-6-15/h2-8,13H,9-12H2,1H3,(H,26,27). The van der Waals surface area contributed by atoms with Gasteiger partial charge in [0.15, 0.2) is 0 Å². The second-order valence-corrected chi connectivity index (χ2v) is 6.62. The third-order valence-electron chi connectivity index (χ3n) is 4.98. The number of carboxylic acids is 1. The van der Waals surface area contributed by atoms with E-state index in [0.717, 1.165) is 26.2 Å². The van der Waals surface area contributed by atoms with Gasteiger partial charge in [-0.1, -0.05) is 18.2 Å². The highest BCUT2D eigenvalue weighted by Gasteiger charge is 2.21. The van der Waals surface area contributed by atoms with Crippen LogP contribution in [-0.4, -0.2) is 46.8 Å². The molecule has 0 unspecified atom stereocenters. The number of anilines is 2. The zero-order valence-electron chi connectivity index (χ0n) is 15.0. The van der Waals surface area contributed by atoms with E-state index in [1.807, 2.05) is 18.2 Å². The number of nitrogens with zero attached hydrogens (tertiary/aromatic N) is 4. The molecular formula is C20H20N4O3. The number of piperazine rings is 1. The highest BCUT2D eigenvalue weighted by molar-refractivity contribution is 5.93. The smallest absolute Gasteiger partial charge is 0.335 e. The number of benzene rings is 2. The average molecular weight is 364 g/mol. The summed E-state index contributed by atoms with van der Waals surface area (Å²) in [5.74, 6) is -0.458. The molecule has 138 valence electrons. The Morgan fingerprint density at radius 1 is 1.00 bits per heavy atom. The molecule has 1 aliphatic rings. The SMILES string of the molecule is Cn1c(N2CCN(c3ccccc3)CC2)nc2cc(C(=O)O)ccc2c1=O. The molecule has 0 atom stereocenters. The molecule has 1 aliphatic heterocycles. The number of carbonyl (C=O) groups is 1. The van der Waals surface area contributed by atoms with Crippen LogP contribution >= 0.6 is 0 Å². The third-order valence-corrected chi connectivity index (χ3v) is 4.98. The van der Waals surface area contributed by atoms with E-state index in [0.29, 0.717) is 16.9 Å². The van der Waals surface area contributed by atoms with Gasteiger partial charge in [0.25, 0.3) is 5.56 Å². The summed E-state index contributed by atoms with van der Waals surface area (Å²) in [5.41, 5.74) is 1.56. The van der Waals surface area contributed by atoms with Crippen LogP contribution in [0, 0.1) is 0 Å². The van der Waals surface area contributed by atoms with Crippen LogP contribution in [0.4, 0.5) is 11.6 Å². The quantitative estimate of drug-likeness (QED) is 0.765. The van der Waals surface area contributed by atoms with Crippen molar-refractivity contribution in [3.63, 3.8) is 0 Å². The Balaban J connectivity index is 1.65. The van der Waals surface area contributed by atoms with Crippen LogP contribution in [0.5, 0.6) is 0 Å². The second kappa shape index (κ2) is 6.75. The van der Waals surface area contributed by atoms with Crippen molar-refractivity contribution in [1.29, 1.82) is 0 Å². The molecule has 27 heavy (non-hydrogen) atoms. The van der Waals surface area contributed by atoms with Crippen molar-refractivity contribution < 1.29 is 9.90 Å². The Labute approximate surface area is 156 Å². The molecule has 2 aromatic carbocycles. The highest BCUT2D eigenvalue weighted by Crippen LogP contribution is 2.20. The van der Waals surface area contributed by atoms with Crippen molar-refractivity contribution in [3.8, 4) is 0 Å². The Hall–Kier alpha value is -3.35. The van der Waals surface area contributed by atoms with Gasteiger partial charge in [0.1, 0.15) is 0 Å². The van der Waals surface area contributed by atoms with Crippen molar-refractivity contribution in [1.82, 2.24) is 9.55 Å². The number of aromatic nitrogens is 2. The van der Waals surface area contributed by atoms with E-state index < -0.39 is 5.97 Å². The first-order valence-corrected chi connectivity index (χ1v) is 8.83. The predicted molar refractivity (Wildman–Crippen MR) is 105 cm³/mol. The first-order chi connectivity index (χ1) is 13.0. The lowest BCUT2D eigenvalue weighted by Crippen LogP contribution is -2.48. The monoisotopic (exact) mass is 364 g/mol. The van der Waals surface area contributed by atoms with Gasteiger partial charge in [0, 0.05) is 38.9 Å². The summed E-state index contributed by atoms with van der Waals surface area (Å²) in [5, 5.41) is 9.62. The van der Waals surface area contributed by atoms with Crippen molar-refractivity contribution >= 4 is 28.5 Å². The number of fused-ring (bicyclic) bond motifs is 1. The maximum absolute atomic E-state index is 12.7. The molecule has 0 amide bonds. The number of rotatable bonds is 3. The Kier molecular flexibility index (Phi) is 4.27. The van der Waals surface area contributed by atoms with E-state index in [9.17, 15) is 14.7 Å². The lowest BCUT2D eigenvalue weighted by Gasteiger charge is -2.37. The first kappa shape index (κ1) is 17.1. The molecule has 7 heteroatoms. The summed E-state index contributed by atoms with van der Waals surface area (Å²) in [6, 6.07) is 14.7. The summed E-state index contributed by atoms with van der Waals surface area (Å²) < 4.78 is 1.54. The fraction of sp³-hybridized carbons (Fsp3) is 0.250. The molecule has 1 aromatic heterocycles. The molecule has 0 saturated carbocycles. The van der Waals surface area contributed by atoms with Crippen LogP contribution in [0.1, 0.15) is 10.4 Å². The van der Waals surface area contributed by atoms with Gasteiger partial charge in [-0.05, 0) is 30.3 Å². The van der Waals surface area contributed by atoms with Crippen LogP contribution in [0.2, 0.25) is 0 Å². The topological polar surface area (TPSA) is 78.7 Å². The number of hydrogen-bond donors (Lipinski definition) is 1. The van der Waals surface area contributed by atoms with Gasteiger partial charge >= 0.3 is 5.97 Å². The minimum absolute atomic E-state index is 0.128. The summed E-state index contributed by atoms with van der Waals surface area (Å²) in [6.07, 6.45) is 0. The van der Waals surface area contributed by atoms with Crippen molar-refractivity contribution in [2.75, 3.05) is 36.0 Å². The third kappa shape index (κ3) is 3.12. The minimum Gasteiger partial charge on any atom is -0.478 e. The van der Waals surface area contributed by atoms with Crippen molar-refractivity contribution in [3.05, 3.63) is 64.4 Å². The maximum Gasteiger partial charge on any atom is 0.335 e. The summed E-state index contributed by atoms with van der Waals surface area (Å²) in [6.45, 7) is 3.12. The summed E-state index contributed by atoms with van der Waals surface area (Å²) >= 11 is 0. The number of aromatic carboxylic acids is 1. The van der Waals surface area contributed by atoms with Crippen LogP contribution < -0.4 is 15.4 Å². The zero-order chi connectivity index (χ0) is 19.0. The summed E-state index contributed by atoms with van der Waals surface area (Å²) in [4.78, 5) is 32.9. The molecule has 1 saturated heterocycles. The molecular weight excluding hydrogens is 344 g/mol. The van der Waals surface area contributed by atoms with E-state index in [1.165, 1.54) is 23.9 Å². The largest absolute Gasteiger partial charge is 0.478 e. The normalized spacial score (nSPS) is 14.6. The van der Waals surface area contributed by atoms with E-state index in [2.05, 4.69) is 26.9 Å². The Morgan fingerprint density at radius 3 is 2.33 bits per heavy atom. The van der Waals surface area contributed by atoms with Crippen LogP contribution in [-0.2, 0) is 7.05 Å². The Bertz CT molecular complexity index is 1050.